The van der Waals surface area contributed by atoms with E-state index in [9.17, 15) is 4.79 Å². The molecule has 0 aliphatic heterocycles. The van der Waals surface area contributed by atoms with Crippen LogP contribution in [0.2, 0.25) is 5.02 Å². The number of hydrogen-bond acceptors (Lipinski definition) is 4. The fourth-order valence-corrected chi connectivity index (χ4v) is 1.20. The van der Waals surface area contributed by atoms with Crippen LogP contribution in [-0.4, -0.2) is 22.6 Å². The van der Waals surface area contributed by atoms with Crippen LogP contribution < -0.4 is 16.6 Å². The summed E-state index contributed by atoms with van der Waals surface area (Å²) in [5.41, 5.74) is 5.05. The Kier molecular flexibility index (Phi) is 3.91. The maximum absolute atomic E-state index is 11.1. The minimum atomic E-state index is -0.343. The molecule has 0 saturated carbocycles. The van der Waals surface area contributed by atoms with Crippen LogP contribution in [0.25, 0.3) is 0 Å². The molecule has 0 spiro atoms. The van der Waals surface area contributed by atoms with Crippen LogP contribution in [0.1, 0.15) is 13.3 Å². The molecule has 0 fully saturated rings. The van der Waals surface area contributed by atoms with E-state index < -0.39 is 0 Å². The molecule has 0 radical (unpaired) electrons. The van der Waals surface area contributed by atoms with Gasteiger partial charge in [0.1, 0.15) is 5.02 Å². The van der Waals surface area contributed by atoms with Gasteiger partial charge in [0.25, 0.3) is 5.56 Å². The van der Waals surface area contributed by atoms with Crippen molar-refractivity contribution in [1.29, 1.82) is 0 Å². The number of aromatic nitrogens is 2. The van der Waals surface area contributed by atoms with Gasteiger partial charge in [-0.2, -0.15) is 0 Å². The number of nitrogens with one attached hydrogen (secondary N) is 2. The Morgan fingerprint density at radius 3 is 3.14 bits per heavy atom. The summed E-state index contributed by atoms with van der Waals surface area (Å²) in [7, 11) is 0. The Morgan fingerprint density at radius 1 is 1.79 bits per heavy atom. The van der Waals surface area contributed by atoms with E-state index in [-0.39, 0.29) is 16.6 Å². The van der Waals surface area contributed by atoms with Crippen molar-refractivity contribution in [1.82, 2.24) is 9.97 Å². The van der Waals surface area contributed by atoms with Crippen molar-refractivity contribution in [2.45, 2.75) is 19.4 Å². The Balaban J connectivity index is 2.76. The molecular formula is C8H13ClN4O. The number of rotatable bonds is 4. The molecule has 1 aromatic heterocycles. The molecule has 0 aliphatic carbocycles. The summed E-state index contributed by atoms with van der Waals surface area (Å²) in [6.07, 6.45) is 2.11. The third-order valence-corrected chi connectivity index (χ3v) is 2.13. The normalized spacial score (nSPS) is 12.5. The summed E-state index contributed by atoms with van der Waals surface area (Å²) in [6.45, 7) is 2.53. The van der Waals surface area contributed by atoms with Crippen molar-refractivity contribution in [3.8, 4) is 0 Å². The van der Waals surface area contributed by atoms with Crippen molar-refractivity contribution in [3.63, 3.8) is 0 Å². The number of anilines is 1. The molecule has 5 nitrogen and oxygen atoms in total. The summed E-state index contributed by atoms with van der Waals surface area (Å²) in [4.78, 5) is 17.4. The average Bonchev–Trinajstić information content (AvgIpc) is 2.13. The molecule has 0 bridgehead atoms. The average molecular weight is 217 g/mol. The van der Waals surface area contributed by atoms with Crippen LogP contribution in [-0.2, 0) is 0 Å². The van der Waals surface area contributed by atoms with E-state index in [1.54, 1.807) is 0 Å². The van der Waals surface area contributed by atoms with Gasteiger partial charge in [0.2, 0.25) is 0 Å². The van der Waals surface area contributed by atoms with Gasteiger partial charge in [-0.15, -0.1) is 0 Å². The number of nitrogens with zero attached hydrogens (tertiary/aromatic N) is 1. The van der Waals surface area contributed by atoms with Crippen molar-refractivity contribution in [3.05, 3.63) is 21.7 Å². The van der Waals surface area contributed by atoms with Gasteiger partial charge in [-0.3, -0.25) is 4.79 Å². The first-order chi connectivity index (χ1) is 6.65. The largest absolute Gasteiger partial charge is 0.366 e. The molecule has 14 heavy (non-hydrogen) atoms. The molecule has 0 amide bonds. The summed E-state index contributed by atoms with van der Waals surface area (Å²) in [5.74, 6) is 0.399. The number of hydrogen-bond donors (Lipinski definition) is 3. The second-order valence-corrected chi connectivity index (χ2v) is 3.39. The highest BCUT2D eigenvalue weighted by atomic mass is 35.5. The molecule has 78 valence electrons. The number of H-pyrrole nitrogens is 1. The molecule has 6 heteroatoms. The summed E-state index contributed by atoms with van der Waals surface area (Å²) < 4.78 is 0. The molecular weight excluding hydrogens is 204 g/mol. The lowest BCUT2D eigenvalue weighted by Gasteiger charge is -2.13. The smallest absolute Gasteiger partial charge is 0.271 e. The zero-order chi connectivity index (χ0) is 10.6. The zero-order valence-electron chi connectivity index (χ0n) is 7.88. The number of aromatic amines is 1. The highest BCUT2D eigenvalue weighted by Gasteiger charge is 2.07. The summed E-state index contributed by atoms with van der Waals surface area (Å²) >= 11 is 5.74. The van der Waals surface area contributed by atoms with Crippen LogP contribution in [0.4, 0.5) is 5.82 Å². The predicted molar refractivity (Wildman–Crippen MR) is 56.6 cm³/mol. The zero-order valence-corrected chi connectivity index (χ0v) is 8.64. The lowest BCUT2D eigenvalue weighted by Crippen LogP contribution is -2.22. The maximum atomic E-state index is 11.1. The summed E-state index contributed by atoms with van der Waals surface area (Å²) in [6, 6.07) is 0.145. The van der Waals surface area contributed by atoms with Gasteiger partial charge in [-0.05, 0) is 19.9 Å². The van der Waals surface area contributed by atoms with E-state index in [0.29, 0.717) is 12.4 Å². The second-order valence-electron chi connectivity index (χ2n) is 3.02. The van der Waals surface area contributed by atoms with Crippen molar-refractivity contribution in [2.75, 3.05) is 11.9 Å². The SMILES string of the molecule is CC(CCN)Nc1nc[nH]c(=O)c1Cl. The molecule has 1 atom stereocenters. The van der Waals surface area contributed by atoms with E-state index in [0.717, 1.165) is 6.42 Å². The Labute approximate surface area is 86.7 Å². The van der Waals surface area contributed by atoms with Gasteiger partial charge in [0, 0.05) is 6.04 Å². The second kappa shape index (κ2) is 4.97. The van der Waals surface area contributed by atoms with Crippen LogP contribution in [0.3, 0.4) is 0 Å². The van der Waals surface area contributed by atoms with Gasteiger partial charge in [0.05, 0.1) is 6.33 Å². The van der Waals surface area contributed by atoms with Gasteiger partial charge >= 0.3 is 0 Å². The van der Waals surface area contributed by atoms with Crippen LogP contribution in [0, 0.1) is 0 Å². The van der Waals surface area contributed by atoms with E-state index in [1.807, 2.05) is 6.92 Å². The monoisotopic (exact) mass is 216 g/mol. The fourth-order valence-electron chi connectivity index (χ4n) is 1.04. The molecule has 1 heterocycles. The summed E-state index contributed by atoms with van der Waals surface area (Å²) in [5, 5.41) is 3.09. The fraction of sp³-hybridized carbons (Fsp3) is 0.500. The van der Waals surface area contributed by atoms with Crippen molar-refractivity contribution in [2.24, 2.45) is 5.73 Å². The Bertz CT molecular complexity index is 351. The third kappa shape index (κ3) is 2.71. The van der Waals surface area contributed by atoms with E-state index >= 15 is 0 Å². The highest BCUT2D eigenvalue weighted by Crippen LogP contribution is 2.13. The minimum absolute atomic E-state index is 0.0800. The number of halogens is 1. The van der Waals surface area contributed by atoms with Gasteiger partial charge in [-0.25, -0.2) is 4.98 Å². The quantitative estimate of drug-likeness (QED) is 0.687. The lowest BCUT2D eigenvalue weighted by molar-refractivity contribution is 0.712. The first-order valence-corrected chi connectivity index (χ1v) is 4.72. The Hall–Kier alpha value is -1.07. The molecule has 1 rings (SSSR count). The predicted octanol–water partition coefficient (Wildman–Crippen LogP) is 0.573. The van der Waals surface area contributed by atoms with Gasteiger partial charge < -0.3 is 16.0 Å². The van der Waals surface area contributed by atoms with E-state index in [2.05, 4.69) is 15.3 Å². The maximum Gasteiger partial charge on any atom is 0.271 e. The van der Waals surface area contributed by atoms with Crippen LogP contribution in [0.5, 0.6) is 0 Å². The number of nitrogens with two attached hydrogens (primary N) is 1. The molecule has 0 aromatic carbocycles. The molecule has 0 aliphatic rings. The first kappa shape index (κ1) is 11.0. The minimum Gasteiger partial charge on any atom is -0.366 e. The van der Waals surface area contributed by atoms with Gasteiger partial charge in [-0.1, -0.05) is 11.6 Å². The molecule has 4 N–H and O–H groups in total. The lowest BCUT2D eigenvalue weighted by atomic mass is 10.2. The highest BCUT2D eigenvalue weighted by molar-refractivity contribution is 6.32. The topological polar surface area (TPSA) is 83.8 Å². The van der Waals surface area contributed by atoms with Gasteiger partial charge in [0.15, 0.2) is 5.82 Å². The van der Waals surface area contributed by atoms with Crippen LogP contribution >= 0.6 is 11.6 Å². The van der Waals surface area contributed by atoms with Crippen molar-refractivity contribution >= 4 is 17.4 Å². The molecule has 1 aromatic rings. The van der Waals surface area contributed by atoms with Crippen molar-refractivity contribution < 1.29 is 0 Å². The third-order valence-electron chi connectivity index (χ3n) is 1.78. The van der Waals surface area contributed by atoms with E-state index in [4.69, 9.17) is 17.3 Å². The molecule has 1 unspecified atom stereocenters. The molecule has 0 saturated heterocycles. The first-order valence-electron chi connectivity index (χ1n) is 4.35. The van der Waals surface area contributed by atoms with E-state index in [1.165, 1.54) is 6.33 Å². The Morgan fingerprint density at radius 2 is 2.50 bits per heavy atom. The standard InChI is InChI=1S/C8H13ClN4O/c1-5(2-3-10)13-7-6(9)8(14)12-4-11-7/h4-5H,2-3,10H2,1H3,(H2,11,12,13,14). The van der Waals surface area contributed by atoms with Crippen LogP contribution in [0.15, 0.2) is 11.1 Å².